The second-order valence-corrected chi connectivity index (χ2v) is 8.51. The second-order valence-electron chi connectivity index (χ2n) is 7.47. The van der Waals surface area contributed by atoms with E-state index in [9.17, 15) is 13.4 Å². The van der Waals surface area contributed by atoms with Gasteiger partial charge in [-0.15, -0.1) is 0 Å². The average molecular weight is 471 g/mol. The lowest BCUT2D eigenvalue weighted by Crippen LogP contribution is -2.17. The van der Waals surface area contributed by atoms with Crippen molar-refractivity contribution < 1.29 is 17.5 Å². The fourth-order valence-corrected chi connectivity index (χ4v) is 4.06. The monoisotopic (exact) mass is 470 g/mol. The van der Waals surface area contributed by atoms with Gasteiger partial charge in [0.05, 0.1) is 19.7 Å². The Morgan fingerprint density at radius 2 is 1.85 bits per heavy atom. The van der Waals surface area contributed by atoms with Crippen molar-refractivity contribution in [1.29, 1.82) is 0 Å². The molecule has 0 saturated carbocycles. The van der Waals surface area contributed by atoms with E-state index in [2.05, 4.69) is 9.35 Å². The number of hydrogen-bond acceptors (Lipinski definition) is 6. The quantitative estimate of drug-likeness (QED) is 0.434. The highest BCUT2D eigenvalue weighted by Crippen LogP contribution is 2.34. The molecule has 2 aromatic heterocycles. The predicted molar refractivity (Wildman–Crippen MR) is 126 cm³/mol. The molecule has 0 radical (unpaired) electrons. The molecular weight excluding hydrogens is 447 g/mol. The minimum absolute atomic E-state index is 0.201. The van der Waals surface area contributed by atoms with Crippen LogP contribution in [-0.2, 0) is 28.7 Å². The number of fused-ring (bicyclic) bond motifs is 1. The first-order valence-electron chi connectivity index (χ1n) is 10.0. The van der Waals surface area contributed by atoms with Crippen molar-refractivity contribution in [1.82, 2.24) is 14.1 Å². The minimum atomic E-state index is -2.28. The number of halogens is 1. The van der Waals surface area contributed by atoms with Gasteiger partial charge in [0.2, 0.25) is 0 Å². The molecule has 1 unspecified atom stereocenters. The third-order valence-electron chi connectivity index (χ3n) is 5.33. The highest BCUT2D eigenvalue weighted by Gasteiger charge is 2.16. The number of hydrogen-bond donors (Lipinski definition) is 1. The van der Waals surface area contributed by atoms with Crippen molar-refractivity contribution in [3.05, 3.63) is 76.2 Å². The third-order valence-corrected chi connectivity index (χ3v) is 6.02. The Labute approximate surface area is 191 Å². The topological polar surface area (TPSA) is 87.7 Å². The minimum Gasteiger partial charge on any atom is -0.491 e. The summed E-state index contributed by atoms with van der Waals surface area (Å²) in [5.41, 5.74) is 3.80. The Bertz CT molecular complexity index is 1490. The van der Waals surface area contributed by atoms with Crippen LogP contribution in [0, 0.1) is 12.7 Å². The van der Waals surface area contributed by atoms with E-state index in [0.717, 1.165) is 16.6 Å². The Balaban J connectivity index is 1.97. The van der Waals surface area contributed by atoms with Crippen LogP contribution >= 0.6 is 0 Å². The van der Waals surface area contributed by atoms with Crippen LogP contribution in [0.15, 0.2) is 57.8 Å². The molecule has 2 aromatic carbocycles. The molecule has 172 valence electrons. The molecule has 10 heteroatoms. The summed E-state index contributed by atoms with van der Waals surface area (Å²) in [6.07, 6.45) is 1.69. The molecule has 2 heterocycles. The largest absolute Gasteiger partial charge is 0.491 e. The summed E-state index contributed by atoms with van der Waals surface area (Å²) >= 11 is 0. The van der Waals surface area contributed by atoms with E-state index in [-0.39, 0.29) is 17.1 Å². The molecule has 0 aliphatic carbocycles. The summed E-state index contributed by atoms with van der Waals surface area (Å²) in [6, 6.07) is 11.6. The molecule has 0 saturated heterocycles. The van der Waals surface area contributed by atoms with Gasteiger partial charge in [0, 0.05) is 25.4 Å². The Kier molecular flexibility index (Phi) is 6.30. The van der Waals surface area contributed by atoms with E-state index in [1.165, 1.54) is 30.9 Å². The number of nitrogens with zero attached hydrogens (tertiary/aromatic N) is 4. The number of rotatable bonds is 6. The van der Waals surface area contributed by atoms with E-state index in [4.69, 9.17) is 8.92 Å². The normalized spacial score (nSPS) is 12.4. The molecule has 4 rings (SSSR count). The van der Waals surface area contributed by atoms with Gasteiger partial charge < -0.3 is 13.9 Å². The van der Waals surface area contributed by atoms with Crippen LogP contribution in [0.1, 0.15) is 11.4 Å². The molecule has 0 N–H and O–H groups in total. The Morgan fingerprint density at radius 1 is 1.12 bits per heavy atom. The maximum absolute atomic E-state index is 13.4. The van der Waals surface area contributed by atoms with E-state index < -0.39 is 10.9 Å². The first-order chi connectivity index (χ1) is 15.8. The number of ether oxygens (including phenoxy) is 1. The number of pyridine rings is 1. The van der Waals surface area contributed by atoms with Crippen LogP contribution in [0.4, 0.5) is 10.1 Å². The zero-order valence-electron chi connectivity index (χ0n) is 18.6. The number of methoxy groups -OCH3 is 1. The van der Waals surface area contributed by atoms with E-state index in [1.54, 1.807) is 37.5 Å². The van der Waals surface area contributed by atoms with Crippen LogP contribution < -0.4 is 10.3 Å². The number of thiol groups is 1. The predicted octanol–water partition coefficient (Wildman–Crippen LogP) is 3.76. The van der Waals surface area contributed by atoms with Crippen molar-refractivity contribution in [3.63, 3.8) is 0 Å². The maximum atomic E-state index is 13.4. The lowest BCUT2D eigenvalue weighted by atomic mass is 10.1. The zero-order chi connectivity index (χ0) is 23.7. The summed E-state index contributed by atoms with van der Waals surface area (Å²) in [5, 5.41) is 0. The summed E-state index contributed by atoms with van der Waals surface area (Å²) in [6.45, 7) is 2.32. The molecule has 0 bridgehead atoms. The SMILES string of the molecule is COc1cc(-c2cc(N=[SH](=O)OC)c3nc(C)n(Cc4ccc(F)cc4)c3c2)cn(C)c1=O. The fraction of sp³-hybridized carbons (Fsp3) is 0.217. The lowest BCUT2D eigenvalue weighted by Gasteiger charge is -2.11. The van der Waals surface area contributed by atoms with Crippen LogP contribution in [0.2, 0.25) is 0 Å². The van der Waals surface area contributed by atoms with Crippen molar-refractivity contribution in [2.75, 3.05) is 14.2 Å². The number of aromatic nitrogens is 3. The molecule has 0 aliphatic heterocycles. The molecule has 0 aliphatic rings. The van der Waals surface area contributed by atoms with Gasteiger partial charge in [0.1, 0.15) is 22.8 Å². The lowest BCUT2D eigenvalue weighted by molar-refractivity contribution is 0.405. The summed E-state index contributed by atoms with van der Waals surface area (Å²) in [7, 11) is 2.12. The first-order valence-corrected chi connectivity index (χ1v) is 11.2. The highest BCUT2D eigenvalue weighted by atomic mass is 32.2. The van der Waals surface area contributed by atoms with Gasteiger partial charge >= 0.3 is 0 Å². The van der Waals surface area contributed by atoms with E-state index in [0.29, 0.717) is 29.1 Å². The average Bonchev–Trinajstić information content (AvgIpc) is 3.12. The molecule has 0 spiro atoms. The Morgan fingerprint density at radius 3 is 2.52 bits per heavy atom. The number of aryl methyl sites for hydroxylation is 2. The van der Waals surface area contributed by atoms with Crippen molar-refractivity contribution in [3.8, 4) is 16.9 Å². The summed E-state index contributed by atoms with van der Waals surface area (Å²) < 4.78 is 43.2. The third kappa shape index (κ3) is 4.53. The van der Waals surface area contributed by atoms with Crippen molar-refractivity contribution in [2.45, 2.75) is 13.5 Å². The Hall–Kier alpha value is -3.50. The highest BCUT2D eigenvalue weighted by molar-refractivity contribution is 7.69. The van der Waals surface area contributed by atoms with E-state index in [1.807, 2.05) is 17.6 Å². The maximum Gasteiger partial charge on any atom is 0.292 e. The molecule has 0 amide bonds. The van der Waals surface area contributed by atoms with E-state index >= 15 is 0 Å². The standard InChI is InChI=1S/C23H23FN4O4S/c1-14-25-22-19(26-33(30)32-4)9-16(17-11-21(31-3)23(29)27(2)13-17)10-20(22)28(14)12-15-5-7-18(24)8-6-15/h5-11,13,33H,12H2,1-4H3. The van der Waals surface area contributed by atoms with Gasteiger partial charge in [-0.3, -0.25) is 8.98 Å². The van der Waals surface area contributed by atoms with Crippen molar-refractivity contribution in [2.24, 2.45) is 11.4 Å². The van der Waals surface area contributed by atoms with Gasteiger partial charge in [-0.1, -0.05) is 12.1 Å². The van der Waals surface area contributed by atoms with Crippen LogP contribution in [0.5, 0.6) is 5.75 Å². The molecule has 1 atom stereocenters. The van der Waals surface area contributed by atoms with Crippen LogP contribution in [-0.4, -0.2) is 32.5 Å². The zero-order valence-corrected chi connectivity index (χ0v) is 19.5. The molecule has 8 nitrogen and oxygen atoms in total. The van der Waals surface area contributed by atoms with Crippen LogP contribution in [0.25, 0.3) is 22.2 Å². The number of benzene rings is 2. The second kappa shape index (κ2) is 9.16. The van der Waals surface area contributed by atoms with Gasteiger partial charge in [0.25, 0.3) is 5.56 Å². The smallest absolute Gasteiger partial charge is 0.292 e. The number of imidazole rings is 1. The molecular formula is C23H23FN4O4S. The van der Waals surface area contributed by atoms with Crippen molar-refractivity contribution >= 4 is 27.6 Å². The van der Waals surface area contributed by atoms with Gasteiger partial charge in [-0.25, -0.2) is 13.6 Å². The fourth-order valence-electron chi connectivity index (χ4n) is 3.65. The molecule has 4 aromatic rings. The molecule has 33 heavy (non-hydrogen) atoms. The molecule has 0 fully saturated rings. The first kappa shape index (κ1) is 22.7. The van der Waals surface area contributed by atoms with Crippen LogP contribution in [0.3, 0.4) is 0 Å². The van der Waals surface area contributed by atoms with Gasteiger partial charge in [-0.05, 0) is 48.4 Å². The van der Waals surface area contributed by atoms with Gasteiger partial charge in [-0.2, -0.15) is 4.36 Å². The summed E-state index contributed by atoms with van der Waals surface area (Å²) in [4.78, 5) is 16.9. The summed E-state index contributed by atoms with van der Waals surface area (Å²) in [5.74, 6) is 0.613. The van der Waals surface area contributed by atoms with Gasteiger partial charge in [0.15, 0.2) is 16.6 Å².